The highest BCUT2D eigenvalue weighted by atomic mass is 16.3. The summed E-state index contributed by atoms with van der Waals surface area (Å²) in [4.78, 5) is 0. The molecule has 0 radical (unpaired) electrons. The zero-order valence-electron chi connectivity index (χ0n) is 14.8. The van der Waals surface area contributed by atoms with E-state index in [9.17, 15) is 5.11 Å². The summed E-state index contributed by atoms with van der Waals surface area (Å²) in [7, 11) is 1.89. The van der Waals surface area contributed by atoms with E-state index in [2.05, 4.69) is 16.5 Å². The molecule has 0 aliphatic rings. The minimum Gasteiger partial charge on any atom is -0.391 e. The molecule has 3 aromatic rings. The number of hydrogen-bond acceptors (Lipinski definition) is 4. The molecule has 132 valence electrons. The molecule has 1 heterocycles. The smallest absolute Gasteiger partial charge is 0.0991 e. The number of aryl methyl sites for hydroxylation is 1. The van der Waals surface area contributed by atoms with Crippen LogP contribution in [0.2, 0.25) is 0 Å². The van der Waals surface area contributed by atoms with E-state index in [0.717, 1.165) is 22.4 Å². The van der Waals surface area contributed by atoms with Gasteiger partial charge in [0.05, 0.1) is 23.4 Å². The summed E-state index contributed by atoms with van der Waals surface area (Å²) >= 11 is 0. The number of aliphatic hydroxyl groups excluding tert-OH is 1. The van der Waals surface area contributed by atoms with E-state index in [1.54, 1.807) is 16.8 Å². The van der Waals surface area contributed by atoms with Crippen molar-refractivity contribution in [1.29, 1.82) is 5.26 Å². The Morgan fingerprint density at radius 3 is 2.58 bits per heavy atom. The molecule has 1 unspecified atom stereocenters. The van der Waals surface area contributed by atoms with Crippen LogP contribution in [-0.4, -0.2) is 27.5 Å². The van der Waals surface area contributed by atoms with Crippen molar-refractivity contribution in [2.75, 3.05) is 6.54 Å². The number of benzene rings is 2. The highest BCUT2D eigenvalue weighted by molar-refractivity contribution is 5.63. The van der Waals surface area contributed by atoms with Gasteiger partial charge in [-0.15, -0.1) is 0 Å². The number of rotatable bonds is 7. The first kappa shape index (κ1) is 17.9. The Bertz CT molecular complexity index is 879. The summed E-state index contributed by atoms with van der Waals surface area (Å²) in [6, 6.07) is 19.5. The Balaban J connectivity index is 1.60. The van der Waals surface area contributed by atoms with Gasteiger partial charge >= 0.3 is 0 Å². The van der Waals surface area contributed by atoms with Gasteiger partial charge in [0.1, 0.15) is 0 Å². The first-order chi connectivity index (χ1) is 12.7. The van der Waals surface area contributed by atoms with Crippen LogP contribution in [0.3, 0.4) is 0 Å². The van der Waals surface area contributed by atoms with Crippen LogP contribution in [0.5, 0.6) is 0 Å². The molecule has 2 N–H and O–H groups in total. The van der Waals surface area contributed by atoms with Gasteiger partial charge in [0.2, 0.25) is 0 Å². The van der Waals surface area contributed by atoms with Gasteiger partial charge in [0.15, 0.2) is 0 Å². The molecule has 0 saturated heterocycles. The number of aliphatic hydroxyl groups is 1. The predicted molar refractivity (Wildman–Crippen MR) is 101 cm³/mol. The molecule has 0 bridgehead atoms. The SMILES string of the molecule is Cn1cc(CNCC(O)Cc2ccccc2)c(-c2ccc(C#N)cc2)n1. The number of nitrogens with zero attached hydrogens (tertiary/aromatic N) is 3. The molecule has 0 amide bonds. The van der Waals surface area contributed by atoms with Crippen LogP contribution in [0, 0.1) is 11.3 Å². The maximum atomic E-state index is 10.2. The van der Waals surface area contributed by atoms with Crippen LogP contribution < -0.4 is 5.32 Å². The fraction of sp³-hybridized carbons (Fsp3) is 0.238. The van der Waals surface area contributed by atoms with Gasteiger partial charge in [-0.2, -0.15) is 10.4 Å². The van der Waals surface area contributed by atoms with Gasteiger partial charge in [-0.1, -0.05) is 42.5 Å². The lowest BCUT2D eigenvalue weighted by atomic mass is 10.1. The van der Waals surface area contributed by atoms with E-state index in [-0.39, 0.29) is 0 Å². The molecule has 26 heavy (non-hydrogen) atoms. The average Bonchev–Trinajstić information content (AvgIpc) is 3.03. The van der Waals surface area contributed by atoms with E-state index >= 15 is 0 Å². The van der Waals surface area contributed by atoms with Crippen LogP contribution in [0.15, 0.2) is 60.8 Å². The Morgan fingerprint density at radius 1 is 1.15 bits per heavy atom. The number of nitrogens with one attached hydrogen (secondary N) is 1. The van der Waals surface area contributed by atoms with Crippen molar-refractivity contribution >= 4 is 0 Å². The molecule has 1 atom stereocenters. The maximum absolute atomic E-state index is 10.2. The highest BCUT2D eigenvalue weighted by Crippen LogP contribution is 2.22. The van der Waals surface area contributed by atoms with E-state index in [1.807, 2.05) is 55.7 Å². The van der Waals surface area contributed by atoms with E-state index in [4.69, 9.17) is 5.26 Å². The third-order valence-corrected chi connectivity index (χ3v) is 4.20. The third kappa shape index (κ3) is 4.57. The number of hydrogen-bond donors (Lipinski definition) is 2. The van der Waals surface area contributed by atoms with Crippen molar-refractivity contribution in [3.63, 3.8) is 0 Å². The molecular formula is C21H22N4O. The van der Waals surface area contributed by atoms with Gasteiger partial charge in [0.25, 0.3) is 0 Å². The quantitative estimate of drug-likeness (QED) is 0.690. The third-order valence-electron chi connectivity index (χ3n) is 4.20. The molecule has 0 aliphatic heterocycles. The normalized spacial score (nSPS) is 11.9. The van der Waals surface area contributed by atoms with Gasteiger partial charge in [-0.05, 0) is 24.1 Å². The van der Waals surface area contributed by atoms with Crippen molar-refractivity contribution in [2.45, 2.75) is 19.1 Å². The highest BCUT2D eigenvalue weighted by Gasteiger charge is 2.11. The fourth-order valence-electron chi connectivity index (χ4n) is 2.94. The van der Waals surface area contributed by atoms with Crippen LogP contribution in [-0.2, 0) is 20.0 Å². The minimum absolute atomic E-state index is 0.438. The van der Waals surface area contributed by atoms with Gasteiger partial charge in [-0.3, -0.25) is 4.68 Å². The molecular weight excluding hydrogens is 324 g/mol. The van der Waals surface area contributed by atoms with Gasteiger partial charge in [-0.25, -0.2) is 0 Å². The second-order valence-electron chi connectivity index (χ2n) is 6.34. The molecule has 0 spiro atoms. The van der Waals surface area contributed by atoms with Crippen LogP contribution in [0.4, 0.5) is 0 Å². The summed E-state index contributed by atoms with van der Waals surface area (Å²) < 4.78 is 1.78. The monoisotopic (exact) mass is 346 g/mol. The van der Waals surface area contributed by atoms with Crippen molar-refractivity contribution < 1.29 is 5.11 Å². The Morgan fingerprint density at radius 2 is 1.88 bits per heavy atom. The molecule has 5 nitrogen and oxygen atoms in total. The van der Waals surface area contributed by atoms with Gasteiger partial charge in [0, 0.05) is 37.5 Å². The predicted octanol–water partition coefficient (Wildman–Crippen LogP) is 2.65. The Labute approximate surface area is 153 Å². The minimum atomic E-state index is -0.438. The van der Waals surface area contributed by atoms with Crippen molar-refractivity contribution in [1.82, 2.24) is 15.1 Å². The van der Waals surface area contributed by atoms with Crippen LogP contribution >= 0.6 is 0 Å². The van der Waals surface area contributed by atoms with Crippen LogP contribution in [0.1, 0.15) is 16.7 Å². The topological polar surface area (TPSA) is 73.9 Å². The van der Waals surface area contributed by atoms with Crippen molar-refractivity contribution in [3.05, 3.63) is 77.5 Å². The number of nitriles is 1. The second kappa shape index (κ2) is 8.43. The molecule has 0 saturated carbocycles. The zero-order chi connectivity index (χ0) is 18.4. The summed E-state index contributed by atoms with van der Waals surface area (Å²) in [6.45, 7) is 1.13. The standard InChI is InChI=1S/C21H22N4O/c1-25-15-19(21(24-25)18-9-7-17(12-22)8-10-18)13-23-14-20(26)11-16-5-3-2-4-6-16/h2-10,15,20,23,26H,11,13-14H2,1H3. The zero-order valence-corrected chi connectivity index (χ0v) is 14.8. The molecule has 3 rings (SSSR count). The molecule has 5 heteroatoms. The fourth-order valence-corrected chi connectivity index (χ4v) is 2.94. The Kier molecular flexibility index (Phi) is 5.80. The summed E-state index contributed by atoms with van der Waals surface area (Å²) in [5.74, 6) is 0. The molecule has 0 aliphatic carbocycles. The maximum Gasteiger partial charge on any atom is 0.0991 e. The van der Waals surface area contributed by atoms with Gasteiger partial charge < -0.3 is 10.4 Å². The summed E-state index contributed by atoms with van der Waals surface area (Å²) in [6.07, 6.45) is 2.17. The lowest BCUT2D eigenvalue weighted by Gasteiger charge is -2.12. The van der Waals surface area contributed by atoms with Crippen LogP contribution in [0.25, 0.3) is 11.3 Å². The van der Waals surface area contributed by atoms with E-state index in [1.165, 1.54) is 0 Å². The second-order valence-corrected chi connectivity index (χ2v) is 6.34. The average molecular weight is 346 g/mol. The molecule has 1 aromatic heterocycles. The Hall–Kier alpha value is -2.94. The molecule has 2 aromatic carbocycles. The summed E-state index contributed by atoms with van der Waals surface area (Å²) in [5, 5.41) is 27.0. The summed E-state index contributed by atoms with van der Waals surface area (Å²) in [5.41, 5.74) is 4.69. The lowest BCUT2D eigenvalue weighted by molar-refractivity contribution is 0.171. The molecule has 0 fully saturated rings. The van der Waals surface area contributed by atoms with E-state index in [0.29, 0.717) is 25.1 Å². The van der Waals surface area contributed by atoms with E-state index < -0.39 is 6.10 Å². The number of aromatic nitrogens is 2. The van der Waals surface area contributed by atoms with Crippen molar-refractivity contribution in [2.24, 2.45) is 7.05 Å². The van der Waals surface area contributed by atoms with Crippen molar-refractivity contribution in [3.8, 4) is 17.3 Å². The largest absolute Gasteiger partial charge is 0.391 e. The first-order valence-corrected chi connectivity index (χ1v) is 8.61. The first-order valence-electron chi connectivity index (χ1n) is 8.61. The lowest BCUT2D eigenvalue weighted by Crippen LogP contribution is -2.28.